The highest BCUT2D eigenvalue weighted by Gasteiger charge is 2.28. The van der Waals surface area contributed by atoms with Gasteiger partial charge < -0.3 is 9.32 Å². The van der Waals surface area contributed by atoms with Crippen molar-refractivity contribution in [1.29, 1.82) is 0 Å². The average molecular weight is 497 g/mol. The number of benzene rings is 2. The Kier molecular flexibility index (Phi) is 6.80. The van der Waals surface area contributed by atoms with Crippen LogP contribution in [0.2, 0.25) is 0 Å². The molecule has 0 saturated carbocycles. The van der Waals surface area contributed by atoms with Crippen molar-refractivity contribution >= 4 is 23.4 Å². The minimum absolute atomic E-state index is 0. The van der Waals surface area contributed by atoms with E-state index < -0.39 is 0 Å². The molecule has 4 aromatic rings. The molecule has 4 heterocycles. The summed E-state index contributed by atoms with van der Waals surface area (Å²) < 4.78 is 23.6. The predicted molar refractivity (Wildman–Crippen MR) is 137 cm³/mol. The molecular formula is C27H30ClFN4O2. The number of halogens is 2. The number of fused-ring (bicyclic) bond motifs is 2. The molecule has 0 atom stereocenters. The van der Waals surface area contributed by atoms with Crippen LogP contribution in [0, 0.1) is 5.82 Å². The lowest BCUT2D eigenvalue weighted by atomic mass is 9.86. The third-order valence-corrected chi connectivity index (χ3v) is 7.38. The van der Waals surface area contributed by atoms with Gasteiger partial charge >= 0.3 is 5.69 Å². The number of likely N-dealkylation sites (tertiary alicyclic amines) is 1. The van der Waals surface area contributed by atoms with Gasteiger partial charge in [0.05, 0.1) is 6.54 Å². The van der Waals surface area contributed by atoms with Gasteiger partial charge in [0.1, 0.15) is 23.0 Å². The maximum Gasteiger partial charge on any atom is 0.345 e. The number of hydrogen-bond acceptors (Lipinski definition) is 4. The molecule has 0 bridgehead atoms. The van der Waals surface area contributed by atoms with E-state index >= 15 is 0 Å². The minimum atomic E-state index is -0.279. The molecule has 184 valence electrons. The minimum Gasteiger partial charge on any atom is -0.456 e. The van der Waals surface area contributed by atoms with Gasteiger partial charge in [0.25, 0.3) is 0 Å². The smallest absolute Gasteiger partial charge is 0.345 e. The molecular weight excluding hydrogens is 467 g/mol. The zero-order valence-electron chi connectivity index (χ0n) is 19.7. The first-order valence-corrected chi connectivity index (χ1v) is 12.3. The van der Waals surface area contributed by atoms with Crippen molar-refractivity contribution in [3.8, 4) is 11.3 Å². The van der Waals surface area contributed by atoms with Crippen molar-refractivity contribution in [2.45, 2.75) is 51.1 Å². The summed E-state index contributed by atoms with van der Waals surface area (Å²) in [6, 6.07) is 15.0. The Labute approximate surface area is 209 Å². The SMILES string of the molecule is Cl.O=c1n(CCN2CCC(c3c(-c4ccccc4)oc4cc(F)ccc34)CC2)nc2n1CCCC2. The van der Waals surface area contributed by atoms with Gasteiger partial charge in [-0.2, -0.15) is 5.10 Å². The molecule has 2 aromatic heterocycles. The van der Waals surface area contributed by atoms with Crippen molar-refractivity contribution in [3.63, 3.8) is 0 Å². The van der Waals surface area contributed by atoms with E-state index in [1.807, 2.05) is 28.8 Å². The fraction of sp³-hybridized carbons (Fsp3) is 0.407. The van der Waals surface area contributed by atoms with E-state index in [4.69, 9.17) is 4.42 Å². The van der Waals surface area contributed by atoms with E-state index in [0.29, 0.717) is 18.0 Å². The second-order valence-electron chi connectivity index (χ2n) is 9.50. The first-order chi connectivity index (χ1) is 16.7. The highest BCUT2D eigenvalue weighted by atomic mass is 35.5. The Bertz CT molecular complexity index is 1370. The number of hydrogen-bond donors (Lipinski definition) is 0. The van der Waals surface area contributed by atoms with Gasteiger partial charge in [-0.1, -0.05) is 30.3 Å². The molecule has 0 radical (unpaired) electrons. The van der Waals surface area contributed by atoms with Crippen LogP contribution in [-0.4, -0.2) is 38.9 Å². The quantitative estimate of drug-likeness (QED) is 0.379. The van der Waals surface area contributed by atoms with E-state index in [1.54, 1.807) is 4.68 Å². The second kappa shape index (κ2) is 9.99. The van der Waals surface area contributed by atoms with Gasteiger partial charge in [-0.3, -0.25) is 4.57 Å². The third-order valence-electron chi connectivity index (χ3n) is 7.38. The summed E-state index contributed by atoms with van der Waals surface area (Å²) in [4.78, 5) is 15.0. The van der Waals surface area contributed by atoms with Crippen molar-refractivity contribution < 1.29 is 8.81 Å². The zero-order valence-corrected chi connectivity index (χ0v) is 20.5. The van der Waals surface area contributed by atoms with Gasteiger partial charge in [-0.05, 0) is 56.8 Å². The van der Waals surface area contributed by atoms with Crippen LogP contribution in [0.3, 0.4) is 0 Å². The summed E-state index contributed by atoms with van der Waals surface area (Å²) in [7, 11) is 0. The van der Waals surface area contributed by atoms with Crippen LogP contribution >= 0.6 is 12.4 Å². The van der Waals surface area contributed by atoms with Crippen LogP contribution < -0.4 is 5.69 Å². The van der Waals surface area contributed by atoms with Crippen molar-refractivity contribution in [3.05, 3.63) is 76.2 Å². The van der Waals surface area contributed by atoms with Gasteiger partial charge in [-0.15, -0.1) is 12.4 Å². The molecule has 0 unspecified atom stereocenters. The molecule has 0 aliphatic carbocycles. The third kappa shape index (κ3) is 4.55. The van der Waals surface area contributed by atoms with Crippen LogP contribution in [-0.2, 0) is 19.5 Å². The van der Waals surface area contributed by atoms with Gasteiger partial charge in [0, 0.05) is 42.1 Å². The van der Waals surface area contributed by atoms with E-state index in [2.05, 4.69) is 22.1 Å². The number of aromatic nitrogens is 3. The zero-order chi connectivity index (χ0) is 23.1. The number of furan rings is 1. The summed E-state index contributed by atoms with van der Waals surface area (Å²) >= 11 is 0. The second-order valence-corrected chi connectivity index (χ2v) is 9.50. The first kappa shape index (κ1) is 23.8. The molecule has 2 aliphatic heterocycles. The molecule has 2 aliphatic rings. The van der Waals surface area contributed by atoms with Gasteiger partial charge in [-0.25, -0.2) is 13.9 Å². The lowest BCUT2D eigenvalue weighted by Gasteiger charge is -2.32. The Morgan fingerprint density at radius 1 is 1.00 bits per heavy atom. The number of aryl methyl sites for hydroxylation is 1. The van der Waals surface area contributed by atoms with Crippen LogP contribution in [0.1, 0.15) is 43.0 Å². The van der Waals surface area contributed by atoms with E-state index in [9.17, 15) is 9.18 Å². The van der Waals surface area contributed by atoms with Crippen LogP contribution in [0.5, 0.6) is 0 Å². The van der Waals surface area contributed by atoms with E-state index in [1.165, 1.54) is 17.7 Å². The van der Waals surface area contributed by atoms with Crippen molar-refractivity contribution in [2.24, 2.45) is 0 Å². The molecule has 8 heteroatoms. The number of piperidine rings is 1. The van der Waals surface area contributed by atoms with E-state index in [-0.39, 0.29) is 23.9 Å². The average Bonchev–Trinajstić information content (AvgIpc) is 3.41. The molecule has 2 aromatic carbocycles. The predicted octanol–water partition coefficient (Wildman–Crippen LogP) is 5.23. The fourth-order valence-corrected chi connectivity index (χ4v) is 5.58. The summed E-state index contributed by atoms with van der Waals surface area (Å²) in [6.45, 7) is 4.16. The molecule has 0 spiro atoms. The molecule has 0 amide bonds. The van der Waals surface area contributed by atoms with Crippen LogP contribution in [0.15, 0.2) is 57.7 Å². The maximum absolute atomic E-state index is 13.9. The van der Waals surface area contributed by atoms with Crippen LogP contribution in [0.4, 0.5) is 4.39 Å². The summed E-state index contributed by atoms with van der Waals surface area (Å²) in [5.74, 6) is 1.86. The Morgan fingerprint density at radius 2 is 1.80 bits per heavy atom. The lowest BCUT2D eigenvalue weighted by molar-refractivity contribution is 0.202. The Balaban J connectivity index is 0.00000253. The Morgan fingerprint density at radius 3 is 2.57 bits per heavy atom. The molecule has 6 rings (SSSR count). The molecule has 0 N–H and O–H groups in total. The highest BCUT2D eigenvalue weighted by Crippen LogP contribution is 2.42. The topological polar surface area (TPSA) is 56.2 Å². The number of rotatable bonds is 5. The molecule has 35 heavy (non-hydrogen) atoms. The monoisotopic (exact) mass is 496 g/mol. The summed E-state index contributed by atoms with van der Waals surface area (Å²) in [6.07, 6.45) is 5.08. The summed E-state index contributed by atoms with van der Waals surface area (Å²) in [5, 5.41) is 5.58. The molecule has 1 fully saturated rings. The normalized spacial score (nSPS) is 16.8. The molecule has 6 nitrogen and oxygen atoms in total. The van der Waals surface area contributed by atoms with Gasteiger partial charge in [0.2, 0.25) is 0 Å². The molecule has 1 saturated heterocycles. The maximum atomic E-state index is 13.9. The van der Waals surface area contributed by atoms with Crippen LogP contribution in [0.25, 0.3) is 22.3 Å². The fourth-order valence-electron chi connectivity index (χ4n) is 5.58. The highest BCUT2D eigenvalue weighted by molar-refractivity contribution is 5.88. The number of nitrogens with zero attached hydrogens (tertiary/aromatic N) is 4. The first-order valence-electron chi connectivity index (χ1n) is 12.3. The van der Waals surface area contributed by atoms with E-state index in [0.717, 1.165) is 80.8 Å². The standard InChI is InChI=1S/C27H29FN4O2.ClH/c28-21-9-10-22-23(18-21)34-26(20-6-2-1-3-7-20)25(22)19-11-14-30(15-12-19)16-17-32-27(33)31-13-5-4-8-24(31)29-32;/h1-3,6-7,9-10,18-19H,4-5,8,11-17H2;1H. The Hall–Kier alpha value is -2.90. The van der Waals surface area contributed by atoms with Gasteiger partial charge in [0.15, 0.2) is 0 Å². The van der Waals surface area contributed by atoms with Crippen molar-refractivity contribution in [2.75, 3.05) is 19.6 Å². The largest absolute Gasteiger partial charge is 0.456 e. The lowest BCUT2D eigenvalue weighted by Crippen LogP contribution is -2.37. The van der Waals surface area contributed by atoms with Crippen molar-refractivity contribution in [1.82, 2.24) is 19.2 Å². The summed E-state index contributed by atoms with van der Waals surface area (Å²) in [5.41, 5.74) is 2.87.